The van der Waals surface area contributed by atoms with Crippen molar-refractivity contribution in [2.24, 2.45) is 5.92 Å². The smallest absolute Gasteiger partial charge is 0.339 e. The highest BCUT2D eigenvalue weighted by atomic mass is 16.4. The quantitative estimate of drug-likeness (QED) is 0.838. The maximum atomic E-state index is 11.1. The number of aromatic carboxylic acids is 1. The lowest BCUT2D eigenvalue weighted by atomic mass is 10.1. The summed E-state index contributed by atoms with van der Waals surface area (Å²) in [4.78, 5) is 16.7. The Morgan fingerprint density at radius 2 is 2.41 bits per heavy atom. The van der Waals surface area contributed by atoms with Crippen LogP contribution in [0.2, 0.25) is 0 Å². The van der Waals surface area contributed by atoms with Gasteiger partial charge < -0.3 is 10.0 Å². The highest BCUT2D eigenvalue weighted by Crippen LogP contribution is 2.20. The third kappa shape index (κ3) is 3.18. The fourth-order valence-corrected chi connectivity index (χ4v) is 1.60. The summed E-state index contributed by atoms with van der Waals surface area (Å²) in [6.07, 6.45) is 2.89. The molecule has 0 radical (unpaired) electrons. The van der Waals surface area contributed by atoms with Crippen molar-refractivity contribution in [2.75, 3.05) is 18.0 Å². The van der Waals surface area contributed by atoms with E-state index in [0.29, 0.717) is 18.8 Å². The monoisotopic (exact) mass is 233 g/mol. The summed E-state index contributed by atoms with van der Waals surface area (Å²) in [5.74, 6) is -1.15. The van der Waals surface area contributed by atoms with Crippen molar-refractivity contribution in [3.8, 4) is 6.07 Å². The van der Waals surface area contributed by atoms with Gasteiger partial charge in [-0.2, -0.15) is 5.26 Å². The predicted octanol–water partition coefficient (Wildman–Crippen LogP) is 1.77. The average molecular weight is 233 g/mol. The molecule has 90 valence electrons. The normalized spacial score (nSPS) is 11.6. The molecule has 0 fully saturated rings. The number of hydrogen-bond donors (Lipinski definition) is 1. The van der Waals surface area contributed by atoms with Crippen LogP contribution < -0.4 is 4.90 Å². The summed E-state index contributed by atoms with van der Waals surface area (Å²) in [5, 5.41) is 17.9. The van der Waals surface area contributed by atoms with Gasteiger partial charge in [0.05, 0.1) is 17.7 Å². The molecule has 0 aromatic carbocycles. The average Bonchev–Trinajstić information content (AvgIpc) is 2.35. The maximum Gasteiger partial charge on any atom is 0.339 e. The maximum absolute atomic E-state index is 11.1. The number of carboxylic acids is 1. The molecule has 0 aliphatic carbocycles. The van der Waals surface area contributed by atoms with Crippen LogP contribution in [0, 0.1) is 17.2 Å². The van der Waals surface area contributed by atoms with E-state index >= 15 is 0 Å². The van der Waals surface area contributed by atoms with Crippen LogP contribution in [-0.4, -0.2) is 29.1 Å². The predicted molar refractivity (Wildman–Crippen MR) is 63.9 cm³/mol. The zero-order valence-electron chi connectivity index (χ0n) is 9.92. The van der Waals surface area contributed by atoms with E-state index in [1.54, 1.807) is 12.3 Å². The van der Waals surface area contributed by atoms with E-state index in [9.17, 15) is 4.79 Å². The van der Waals surface area contributed by atoms with Crippen LogP contribution in [0.4, 0.5) is 5.69 Å². The Kier molecular flexibility index (Phi) is 4.46. The molecule has 1 aromatic heterocycles. The summed E-state index contributed by atoms with van der Waals surface area (Å²) in [6, 6.07) is 3.81. The number of aromatic nitrogens is 1. The molecule has 1 rings (SSSR count). The zero-order valence-corrected chi connectivity index (χ0v) is 9.92. The number of pyridine rings is 1. The van der Waals surface area contributed by atoms with E-state index in [4.69, 9.17) is 10.4 Å². The first-order chi connectivity index (χ1) is 8.10. The van der Waals surface area contributed by atoms with Crippen molar-refractivity contribution < 1.29 is 9.90 Å². The molecule has 1 heterocycles. The summed E-state index contributed by atoms with van der Waals surface area (Å²) < 4.78 is 0. The van der Waals surface area contributed by atoms with E-state index in [-0.39, 0.29) is 11.5 Å². The molecule has 5 heteroatoms. The first kappa shape index (κ1) is 13.0. The summed E-state index contributed by atoms with van der Waals surface area (Å²) in [5.41, 5.74) is 0.775. The second-order valence-electron chi connectivity index (χ2n) is 3.77. The third-order valence-corrected chi connectivity index (χ3v) is 2.47. The molecule has 5 nitrogen and oxygen atoms in total. The minimum absolute atomic E-state index is 0.148. The van der Waals surface area contributed by atoms with Gasteiger partial charge in [-0.15, -0.1) is 0 Å². The Balaban J connectivity index is 3.04. The van der Waals surface area contributed by atoms with Gasteiger partial charge in [-0.3, -0.25) is 4.98 Å². The molecular weight excluding hydrogens is 218 g/mol. The van der Waals surface area contributed by atoms with E-state index in [2.05, 4.69) is 11.1 Å². The summed E-state index contributed by atoms with van der Waals surface area (Å²) in [6.45, 7) is 4.90. The molecule has 1 unspecified atom stereocenters. The molecule has 17 heavy (non-hydrogen) atoms. The third-order valence-electron chi connectivity index (χ3n) is 2.47. The van der Waals surface area contributed by atoms with Gasteiger partial charge in [0.15, 0.2) is 0 Å². The number of carbonyl (C=O) groups is 1. The standard InChI is InChI=1S/C12H15N3O2/c1-3-15(8-9(2)6-13)11-4-5-14-7-10(11)12(16)17/h4-5,7,9H,3,8H2,1-2H3,(H,16,17). The van der Waals surface area contributed by atoms with Crippen LogP contribution in [0.1, 0.15) is 24.2 Å². The number of nitriles is 1. The van der Waals surface area contributed by atoms with Gasteiger partial charge in [0.25, 0.3) is 0 Å². The van der Waals surface area contributed by atoms with Crippen molar-refractivity contribution in [3.05, 3.63) is 24.0 Å². The van der Waals surface area contributed by atoms with Crippen molar-refractivity contribution in [1.82, 2.24) is 4.98 Å². The van der Waals surface area contributed by atoms with Gasteiger partial charge in [0.1, 0.15) is 5.56 Å². The van der Waals surface area contributed by atoms with Crippen LogP contribution in [0.3, 0.4) is 0 Å². The van der Waals surface area contributed by atoms with Gasteiger partial charge >= 0.3 is 5.97 Å². The van der Waals surface area contributed by atoms with Crippen LogP contribution in [-0.2, 0) is 0 Å². The first-order valence-corrected chi connectivity index (χ1v) is 5.42. The van der Waals surface area contributed by atoms with E-state index in [0.717, 1.165) is 0 Å². The van der Waals surface area contributed by atoms with Crippen molar-refractivity contribution >= 4 is 11.7 Å². The molecule has 0 aliphatic rings. The molecule has 0 aliphatic heterocycles. The second-order valence-corrected chi connectivity index (χ2v) is 3.77. The fraction of sp³-hybridized carbons (Fsp3) is 0.417. The van der Waals surface area contributed by atoms with Gasteiger partial charge in [0.2, 0.25) is 0 Å². The lowest BCUT2D eigenvalue weighted by Gasteiger charge is -2.25. The van der Waals surface area contributed by atoms with Crippen LogP contribution in [0.25, 0.3) is 0 Å². The second kappa shape index (κ2) is 5.85. The molecule has 0 saturated carbocycles. The van der Waals surface area contributed by atoms with E-state index in [1.165, 1.54) is 6.20 Å². The molecular formula is C12H15N3O2. The number of rotatable bonds is 5. The van der Waals surface area contributed by atoms with E-state index < -0.39 is 5.97 Å². The van der Waals surface area contributed by atoms with Crippen molar-refractivity contribution in [1.29, 1.82) is 5.26 Å². The molecule has 0 spiro atoms. The SMILES string of the molecule is CCN(CC(C)C#N)c1ccncc1C(=O)O. The first-order valence-electron chi connectivity index (χ1n) is 5.42. The number of nitrogens with zero attached hydrogens (tertiary/aromatic N) is 3. The lowest BCUT2D eigenvalue weighted by molar-refractivity contribution is 0.0697. The Bertz CT molecular complexity index is 440. The lowest BCUT2D eigenvalue weighted by Crippen LogP contribution is -2.29. The molecule has 0 bridgehead atoms. The van der Waals surface area contributed by atoms with Gasteiger partial charge in [-0.25, -0.2) is 4.79 Å². The molecule has 1 aromatic rings. The summed E-state index contributed by atoms with van der Waals surface area (Å²) in [7, 11) is 0. The fourth-order valence-electron chi connectivity index (χ4n) is 1.60. The minimum Gasteiger partial charge on any atom is -0.478 e. The molecule has 1 N–H and O–H groups in total. The number of carboxylic acid groups (broad SMARTS) is 1. The summed E-state index contributed by atoms with van der Waals surface area (Å²) >= 11 is 0. The minimum atomic E-state index is -1.00. The molecule has 0 amide bonds. The van der Waals surface area contributed by atoms with E-state index in [1.807, 2.05) is 18.7 Å². The Labute approximate surface area is 100 Å². The molecule has 1 atom stereocenters. The van der Waals surface area contributed by atoms with Crippen LogP contribution >= 0.6 is 0 Å². The Morgan fingerprint density at radius 1 is 1.71 bits per heavy atom. The number of anilines is 1. The zero-order chi connectivity index (χ0) is 12.8. The van der Waals surface area contributed by atoms with Crippen molar-refractivity contribution in [3.63, 3.8) is 0 Å². The van der Waals surface area contributed by atoms with Crippen molar-refractivity contribution in [2.45, 2.75) is 13.8 Å². The Morgan fingerprint density at radius 3 is 2.94 bits per heavy atom. The highest BCUT2D eigenvalue weighted by Gasteiger charge is 2.16. The van der Waals surface area contributed by atoms with Gasteiger partial charge in [-0.05, 0) is 19.9 Å². The van der Waals surface area contributed by atoms with Gasteiger partial charge in [-0.1, -0.05) is 0 Å². The van der Waals surface area contributed by atoms with Gasteiger partial charge in [0, 0.05) is 25.5 Å². The Hall–Kier alpha value is -2.09. The number of hydrogen-bond acceptors (Lipinski definition) is 4. The van der Waals surface area contributed by atoms with Crippen LogP contribution in [0.5, 0.6) is 0 Å². The molecule has 0 saturated heterocycles. The highest BCUT2D eigenvalue weighted by molar-refractivity contribution is 5.94. The van der Waals surface area contributed by atoms with Crippen LogP contribution in [0.15, 0.2) is 18.5 Å². The largest absolute Gasteiger partial charge is 0.478 e. The topological polar surface area (TPSA) is 77.2 Å².